The molecule has 0 unspecified atom stereocenters. The summed E-state index contributed by atoms with van der Waals surface area (Å²) < 4.78 is 17.6. The molecule has 0 aliphatic carbocycles. The molecule has 2 fully saturated rings. The van der Waals surface area contributed by atoms with Gasteiger partial charge in [0.05, 0.1) is 13.2 Å². The van der Waals surface area contributed by atoms with Gasteiger partial charge in [-0.05, 0) is 63.4 Å². The van der Waals surface area contributed by atoms with Crippen LogP contribution in [-0.2, 0) is 11.3 Å². The molecule has 2 saturated heterocycles. The number of likely N-dealkylation sites (tertiary alicyclic amines) is 1. The van der Waals surface area contributed by atoms with Crippen molar-refractivity contribution in [2.45, 2.75) is 51.3 Å². The normalized spacial score (nSPS) is 24.6. The van der Waals surface area contributed by atoms with Crippen molar-refractivity contribution in [3.05, 3.63) is 54.1 Å². The summed E-state index contributed by atoms with van der Waals surface area (Å²) >= 11 is 0. The number of ether oxygens (including phenoxy) is 3. The lowest BCUT2D eigenvalue weighted by Crippen LogP contribution is -2.56. The van der Waals surface area contributed by atoms with Crippen LogP contribution in [0.1, 0.15) is 38.7 Å². The molecular formula is C28H35N3O5. The number of carbonyl (C=O) groups is 2. The zero-order chi connectivity index (χ0) is 25.1. The van der Waals surface area contributed by atoms with Crippen LogP contribution in [0, 0.1) is 5.92 Å². The summed E-state index contributed by atoms with van der Waals surface area (Å²) in [5, 5.41) is 3.09. The van der Waals surface area contributed by atoms with Crippen molar-refractivity contribution in [2.75, 3.05) is 32.8 Å². The minimum absolute atomic E-state index is 0.0894. The van der Waals surface area contributed by atoms with Crippen LogP contribution in [0.4, 0.5) is 4.79 Å². The van der Waals surface area contributed by atoms with Gasteiger partial charge in [-0.3, -0.25) is 14.6 Å². The Kier molecular flexibility index (Phi) is 7.05. The number of hydrogen-bond acceptors (Lipinski definition) is 6. The third-order valence-corrected chi connectivity index (χ3v) is 7.66. The molecule has 36 heavy (non-hydrogen) atoms. The maximum Gasteiger partial charge on any atom is 0.325 e. The number of imide groups is 1. The smallest absolute Gasteiger partial charge is 0.325 e. The maximum absolute atomic E-state index is 13.7. The number of piperidine rings is 1. The fourth-order valence-corrected chi connectivity index (χ4v) is 5.73. The van der Waals surface area contributed by atoms with E-state index in [4.69, 9.17) is 14.2 Å². The minimum Gasteiger partial charge on any atom is -0.494 e. The number of nitrogens with zero attached hydrogens (tertiary/aromatic N) is 2. The van der Waals surface area contributed by atoms with Gasteiger partial charge in [-0.25, -0.2) is 4.79 Å². The number of hydrogen-bond donors (Lipinski definition) is 1. The van der Waals surface area contributed by atoms with E-state index < -0.39 is 11.6 Å². The van der Waals surface area contributed by atoms with Crippen LogP contribution in [0.3, 0.4) is 0 Å². The van der Waals surface area contributed by atoms with E-state index in [2.05, 4.69) is 16.3 Å². The van der Waals surface area contributed by atoms with Gasteiger partial charge in [0.2, 0.25) is 0 Å². The molecule has 0 radical (unpaired) electrons. The van der Waals surface area contributed by atoms with Crippen LogP contribution in [0.2, 0.25) is 0 Å². The molecule has 3 aliphatic heterocycles. The van der Waals surface area contributed by atoms with Gasteiger partial charge in [0, 0.05) is 12.1 Å². The first-order valence-electron chi connectivity index (χ1n) is 13.0. The Morgan fingerprint density at radius 2 is 1.75 bits per heavy atom. The number of fused-ring (bicyclic) bond motifs is 1. The minimum atomic E-state index is -0.861. The zero-order valence-electron chi connectivity index (χ0n) is 21.1. The third kappa shape index (κ3) is 4.62. The molecule has 2 atom stereocenters. The molecule has 0 spiro atoms. The second-order valence-corrected chi connectivity index (χ2v) is 9.76. The van der Waals surface area contributed by atoms with Crippen molar-refractivity contribution >= 4 is 11.9 Å². The summed E-state index contributed by atoms with van der Waals surface area (Å²) in [6.07, 6.45) is 1.87. The molecule has 0 bridgehead atoms. The summed E-state index contributed by atoms with van der Waals surface area (Å²) in [7, 11) is 0. The lowest BCUT2D eigenvalue weighted by atomic mass is 9.75. The fourth-order valence-electron chi connectivity index (χ4n) is 5.73. The molecule has 192 valence electrons. The van der Waals surface area contributed by atoms with Crippen LogP contribution < -0.4 is 19.5 Å². The van der Waals surface area contributed by atoms with E-state index in [1.807, 2.05) is 56.3 Å². The van der Waals surface area contributed by atoms with Gasteiger partial charge in [-0.15, -0.1) is 0 Å². The van der Waals surface area contributed by atoms with Gasteiger partial charge in [-0.2, -0.15) is 0 Å². The van der Waals surface area contributed by atoms with Crippen molar-refractivity contribution < 1.29 is 23.8 Å². The first-order chi connectivity index (χ1) is 17.5. The summed E-state index contributed by atoms with van der Waals surface area (Å²) in [6, 6.07) is 15.3. The Balaban J connectivity index is 1.22. The highest BCUT2D eigenvalue weighted by molar-refractivity contribution is 6.07. The number of benzene rings is 2. The number of urea groups is 1. The predicted molar refractivity (Wildman–Crippen MR) is 135 cm³/mol. The summed E-state index contributed by atoms with van der Waals surface area (Å²) in [5.41, 5.74) is 0.315. The largest absolute Gasteiger partial charge is 0.494 e. The second kappa shape index (κ2) is 10.4. The molecule has 2 aromatic carbocycles. The number of carbonyl (C=O) groups excluding carboxylic acids is 2. The third-order valence-electron chi connectivity index (χ3n) is 7.66. The number of para-hydroxylation sites is 3. The quantitative estimate of drug-likeness (QED) is 0.563. The van der Waals surface area contributed by atoms with E-state index in [0.717, 1.165) is 38.2 Å². The van der Waals surface area contributed by atoms with Gasteiger partial charge in [0.25, 0.3) is 5.91 Å². The van der Waals surface area contributed by atoms with Crippen LogP contribution in [0.5, 0.6) is 17.2 Å². The lowest BCUT2D eigenvalue weighted by molar-refractivity contribution is -0.135. The summed E-state index contributed by atoms with van der Waals surface area (Å²) in [4.78, 5) is 30.4. The van der Waals surface area contributed by atoms with Crippen molar-refractivity contribution in [2.24, 2.45) is 5.92 Å². The highest BCUT2D eigenvalue weighted by Gasteiger charge is 2.55. The molecule has 1 N–H and O–H groups in total. The van der Waals surface area contributed by atoms with Crippen LogP contribution in [0.15, 0.2) is 48.5 Å². The van der Waals surface area contributed by atoms with E-state index in [9.17, 15) is 9.59 Å². The highest BCUT2D eigenvalue weighted by atomic mass is 16.6. The Bertz CT molecular complexity index is 1100. The predicted octanol–water partition coefficient (Wildman–Crippen LogP) is 3.84. The van der Waals surface area contributed by atoms with E-state index >= 15 is 0 Å². The molecule has 3 amide bonds. The van der Waals surface area contributed by atoms with Crippen molar-refractivity contribution in [3.8, 4) is 17.2 Å². The first-order valence-corrected chi connectivity index (χ1v) is 13.0. The Labute approximate surface area is 212 Å². The molecule has 3 heterocycles. The molecule has 2 aromatic rings. The standard InChI is InChI=1S/C28H35N3O5/c1-3-28(21-13-15-30(16-14-21)17-20-9-5-6-10-23(20)34-4-2)26(32)31(27(33)29-28)18-22-19-35-24-11-7-8-12-25(24)36-22/h5-12,21-22H,3-4,13-19H2,1-2H3,(H,29,33)/t22-,28+/m1/s1. The maximum atomic E-state index is 13.7. The Morgan fingerprint density at radius 3 is 2.50 bits per heavy atom. The van der Waals surface area contributed by atoms with Crippen molar-refractivity contribution in [1.82, 2.24) is 15.1 Å². The molecular weight excluding hydrogens is 458 g/mol. The Morgan fingerprint density at radius 1 is 1.03 bits per heavy atom. The van der Waals surface area contributed by atoms with Gasteiger partial charge < -0.3 is 19.5 Å². The Hall–Kier alpha value is -3.26. The molecule has 0 saturated carbocycles. The van der Waals surface area contributed by atoms with E-state index in [-0.39, 0.29) is 24.4 Å². The molecule has 8 nitrogen and oxygen atoms in total. The van der Waals surface area contributed by atoms with Gasteiger partial charge >= 0.3 is 6.03 Å². The van der Waals surface area contributed by atoms with Crippen molar-refractivity contribution in [3.63, 3.8) is 0 Å². The number of amides is 3. The average Bonchev–Trinajstić information content (AvgIpc) is 3.15. The topological polar surface area (TPSA) is 80.3 Å². The number of nitrogens with one attached hydrogen (secondary N) is 1. The summed E-state index contributed by atoms with van der Waals surface area (Å²) in [6.45, 7) is 7.65. The van der Waals surface area contributed by atoms with Gasteiger partial charge in [-0.1, -0.05) is 37.3 Å². The lowest BCUT2D eigenvalue weighted by Gasteiger charge is -2.40. The monoisotopic (exact) mass is 493 g/mol. The fraction of sp³-hybridized carbons (Fsp3) is 0.500. The van der Waals surface area contributed by atoms with Crippen molar-refractivity contribution in [1.29, 1.82) is 0 Å². The molecule has 3 aliphatic rings. The van der Waals surface area contributed by atoms with E-state index in [0.29, 0.717) is 31.1 Å². The van der Waals surface area contributed by atoms with Gasteiger partial charge in [0.15, 0.2) is 17.6 Å². The summed E-state index contributed by atoms with van der Waals surface area (Å²) in [5.74, 6) is 2.20. The SMILES string of the molecule is CCOc1ccccc1CN1CCC([C@]2(CC)NC(=O)N(C[C@@H]3COc4ccccc4O3)C2=O)CC1. The van der Waals surface area contributed by atoms with Crippen LogP contribution in [-0.4, -0.2) is 66.2 Å². The van der Waals surface area contributed by atoms with Crippen LogP contribution >= 0.6 is 0 Å². The molecule has 8 heteroatoms. The number of rotatable bonds is 8. The highest BCUT2D eigenvalue weighted by Crippen LogP contribution is 2.37. The van der Waals surface area contributed by atoms with Crippen LogP contribution in [0.25, 0.3) is 0 Å². The first kappa shape index (κ1) is 24.4. The molecule has 0 aromatic heterocycles. The average molecular weight is 494 g/mol. The second-order valence-electron chi connectivity index (χ2n) is 9.76. The van der Waals surface area contributed by atoms with Gasteiger partial charge in [0.1, 0.15) is 17.9 Å². The molecule has 5 rings (SSSR count). The van der Waals surface area contributed by atoms with E-state index in [1.54, 1.807) is 0 Å². The van der Waals surface area contributed by atoms with E-state index in [1.165, 1.54) is 10.5 Å². The zero-order valence-corrected chi connectivity index (χ0v) is 21.1.